The topological polar surface area (TPSA) is 0 Å². The van der Waals surface area contributed by atoms with Crippen molar-refractivity contribution in [3.05, 3.63) is 46.4 Å². The van der Waals surface area contributed by atoms with Gasteiger partial charge in [0.05, 0.1) is 0 Å². The van der Waals surface area contributed by atoms with Crippen molar-refractivity contribution in [3.8, 4) is 0 Å². The van der Waals surface area contributed by atoms with E-state index in [0.717, 1.165) is 4.47 Å². The van der Waals surface area contributed by atoms with Gasteiger partial charge in [0.1, 0.15) is 0 Å². The van der Waals surface area contributed by atoms with Crippen LogP contribution in [0.3, 0.4) is 0 Å². The Morgan fingerprint density at radius 2 is 2.00 bits per heavy atom. The molecule has 0 atom stereocenters. The first kappa shape index (κ1) is 9.04. The lowest BCUT2D eigenvalue weighted by Crippen LogP contribution is -1.81. The average molecular weight is 256 g/mol. The molecule has 0 aliphatic carbocycles. The Kier molecular flexibility index (Phi) is 2.56. The lowest BCUT2D eigenvalue weighted by molar-refractivity contribution is 1.45. The summed E-state index contributed by atoms with van der Waals surface area (Å²) in [7, 11) is 0. The molecule has 0 aliphatic heterocycles. The summed E-state index contributed by atoms with van der Waals surface area (Å²) in [6.07, 6.45) is 0. The van der Waals surface area contributed by atoms with Gasteiger partial charge in [-0.2, -0.15) is 0 Å². The van der Waals surface area contributed by atoms with Gasteiger partial charge in [-0.05, 0) is 28.5 Å². The van der Waals surface area contributed by atoms with Crippen LogP contribution in [-0.4, -0.2) is 0 Å². The summed E-state index contributed by atoms with van der Waals surface area (Å²) in [5.41, 5.74) is 1.19. The van der Waals surface area contributed by atoms with E-state index in [1.54, 1.807) is 0 Å². The number of benzene rings is 2. The summed E-state index contributed by atoms with van der Waals surface area (Å²) >= 11 is 9.28. The Balaban J connectivity index is 2.77. The minimum atomic E-state index is 0.568. The largest absolute Gasteiger partial charge is 0.122 e. The fourth-order valence-electron chi connectivity index (χ4n) is 1.44. The Morgan fingerprint density at radius 1 is 1.15 bits per heavy atom. The molecule has 0 unspecified atom stereocenters. The van der Waals surface area contributed by atoms with Gasteiger partial charge in [-0.15, -0.1) is 11.6 Å². The Bertz CT molecular complexity index is 437. The van der Waals surface area contributed by atoms with Gasteiger partial charge in [-0.3, -0.25) is 0 Å². The van der Waals surface area contributed by atoms with E-state index in [-0.39, 0.29) is 0 Å². The van der Waals surface area contributed by atoms with Crippen molar-refractivity contribution in [1.82, 2.24) is 0 Å². The third-order valence-electron chi connectivity index (χ3n) is 2.08. The van der Waals surface area contributed by atoms with Crippen LogP contribution in [0.25, 0.3) is 10.8 Å². The number of fused-ring (bicyclic) bond motifs is 1. The van der Waals surface area contributed by atoms with Crippen LogP contribution in [0.4, 0.5) is 0 Å². The quantitative estimate of drug-likeness (QED) is 0.665. The lowest BCUT2D eigenvalue weighted by Gasteiger charge is -2.02. The zero-order valence-electron chi connectivity index (χ0n) is 6.93. The van der Waals surface area contributed by atoms with Gasteiger partial charge in [0.25, 0.3) is 0 Å². The van der Waals surface area contributed by atoms with E-state index < -0.39 is 0 Å². The molecule has 0 amide bonds. The van der Waals surface area contributed by atoms with E-state index in [1.807, 2.05) is 12.1 Å². The van der Waals surface area contributed by atoms with Crippen molar-refractivity contribution in [3.63, 3.8) is 0 Å². The first-order valence-corrected chi connectivity index (χ1v) is 5.37. The average Bonchev–Trinajstić information content (AvgIpc) is 2.16. The standard InChI is InChI=1S/C11H8BrCl/c12-10-4-5-11-8(6-10)2-1-3-9(11)7-13/h1-6H,7H2. The molecule has 2 rings (SSSR count). The molecule has 13 heavy (non-hydrogen) atoms. The van der Waals surface area contributed by atoms with Crippen LogP contribution in [0.2, 0.25) is 0 Å². The highest BCUT2D eigenvalue weighted by molar-refractivity contribution is 9.10. The number of hydrogen-bond acceptors (Lipinski definition) is 0. The third-order valence-corrected chi connectivity index (χ3v) is 2.86. The van der Waals surface area contributed by atoms with Gasteiger partial charge in [0, 0.05) is 10.4 Å². The lowest BCUT2D eigenvalue weighted by atomic mass is 10.1. The summed E-state index contributed by atoms with van der Waals surface area (Å²) in [6, 6.07) is 12.4. The molecule has 0 saturated carbocycles. The van der Waals surface area contributed by atoms with E-state index in [1.165, 1.54) is 16.3 Å². The van der Waals surface area contributed by atoms with Crippen molar-refractivity contribution >= 4 is 38.3 Å². The number of alkyl halides is 1. The number of hydrogen-bond donors (Lipinski definition) is 0. The maximum absolute atomic E-state index is 5.83. The molecule has 0 saturated heterocycles. The number of halogens is 2. The Labute approximate surface area is 90.6 Å². The molecule has 0 heterocycles. The molecule has 0 spiro atoms. The van der Waals surface area contributed by atoms with Crippen LogP contribution >= 0.6 is 27.5 Å². The maximum atomic E-state index is 5.83. The van der Waals surface area contributed by atoms with Gasteiger partial charge in [-0.25, -0.2) is 0 Å². The molecule has 2 heteroatoms. The maximum Gasteiger partial charge on any atom is 0.0480 e. The molecule has 0 fully saturated rings. The van der Waals surface area contributed by atoms with Crippen molar-refractivity contribution in [2.75, 3.05) is 0 Å². The fraction of sp³-hybridized carbons (Fsp3) is 0.0909. The van der Waals surface area contributed by atoms with Crippen molar-refractivity contribution < 1.29 is 0 Å². The second-order valence-corrected chi connectivity index (χ2v) is 4.10. The zero-order valence-corrected chi connectivity index (χ0v) is 9.27. The molecule has 2 aromatic rings. The Hall–Kier alpha value is -0.530. The summed E-state index contributed by atoms with van der Waals surface area (Å²) in [5, 5.41) is 2.47. The van der Waals surface area contributed by atoms with Crippen LogP contribution in [0.1, 0.15) is 5.56 Å². The molecule has 0 N–H and O–H groups in total. The normalized spacial score (nSPS) is 10.6. The molecule has 0 radical (unpaired) electrons. The highest BCUT2D eigenvalue weighted by Gasteiger charge is 1.98. The van der Waals surface area contributed by atoms with E-state index in [4.69, 9.17) is 11.6 Å². The van der Waals surface area contributed by atoms with Gasteiger partial charge in [0.15, 0.2) is 0 Å². The van der Waals surface area contributed by atoms with Crippen LogP contribution in [-0.2, 0) is 5.88 Å². The van der Waals surface area contributed by atoms with Crippen molar-refractivity contribution in [1.29, 1.82) is 0 Å². The first-order valence-electron chi connectivity index (χ1n) is 4.04. The Morgan fingerprint density at radius 3 is 2.77 bits per heavy atom. The highest BCUT2D eigenvalue weighted by atomic mass is 79.9. The SMILES string of the molecule is ClCc1cccc2cc(Br)ccc12. The molecule has 66 valence electrons. The predicted molar refractivity (Wildman–Crippen MR) is 61.2 cm³/mol. The second kappa shape index (κ2) is 3.69. The minimum absolute atomic E-state index is 0.568. The molecule has 0 bridgehead atoms. The van der Waals surface area contributed by atoms with E-state index in [9.17, 15) is 0 Å². The summed E-state index contributed by atoms with van der Waals surface area (Å²) in [6.45, 7) is 0. The van der Waals surface area contributed by atoms with Crippen molar-refractivity contribution in [2.24, 2.45) is 0 Å². The third kappa shape index (κ3) is 1.72. The van der Waals surface area contributed by atoms with E-state index >= 15 is 0 Å². The van der Waals surface area contributed by atoms with E-state index in [2.05, 4.69) is 40.2 Å². The smallest absolute Gasteiger partial charge is 0.0480 e. The second-order valence-electron chi connectivity index (χ2n) is 2.92. The molecule has 0 nitrogen and oxygen atoms in total. The fourth-order valence-corrected chi connectivity index (χ4v) is 2.05. The van der Waals surface area contributed by atoms with Gasteiger partial charge >= 0.3 is 0 Å². The summed E-state index contributed by atoms with van der Waals surface area (Å²) in [4.78, 5) is 0. The zero-order chi connectivity index (χ0) is 9.26. The summed E-state index contributed by atoms with van der Waals surface area (Å²) in [5.74, 6) is 0.568. The molecular weight excluding hydrogens is 247 g/mol. The number of rotatable bonds is 1. The minimum Gasteiger partial charge on any atom is -0.122 e. The van der Waals surface area contributed by atoms with Crippen molar-refractivity contribution in [2.45, 2.75) is 5.88 Å². The van der Waals surface area contributed by atoms with E-state index in [0.29, 0.717) is 5.88 Å². The molecule has 2 aromatic carbocycles. The van der Waals surface area contributed by atoms with Crippen LogP contribution < -0.4 is 0 Å². The van der Waals surface area contributed by atoms with Gasteiger partial charge < -0.3 is 0 Å². The molecule has 0 aromatic heterocycles. The highest BCUT2D eigenvalue weighted by Crippen LogP contribution is 2.23. The summed E-state index contributed by atoms with van der Waals surface area (Å²) < 4.78 is 1.10. The van der Waals surface area contributed by atoms with Crippen LogP contribution in [0.5, 0.6) is 0 Å². The monoisotopic (exact) mass is 254 g/mol. The molecule has 0 aliphatic rings. The first-order chi connectivity index (χ1) is 6.31. The van der Waals surface area contributed by atoms with Gasteiger partial charge in [0.2, 0.25) is 0 Å². The predicted octanol–water partition coefficient (Wildman–Crippen LogP) is 4.34. The van der Waals surface area contributed by atoms with Gasteiger partial charge in [-0.1, -0.05) is 40.2 Å². The molecular formula is C11H8BrCl. The van der Waals surface area contributed by atoms with Crippen LogP contribution in [0.15, 0.2) is 40.9 Å². The van der Waals surface area contributed by atoms with Crippen LogP contribution in [0, 0.1) is 0 Å².